The van der Waals surface area contributed by atoms with Gasteiger partial charge < -0.3 is 20.1 Å². The van der Waals surface area contributed by atoms with Crippen LogP contribution in [0.2, 0.25) is 0 Å². The Bertz CT molecular complexity index is 1020. The van der Waals surface area contributed by atoms with Crippen molar-refractivity contribution < 1.29 is 18.7 Å². The molecule has 0 unspecified atom stereocenters. The minimum Gasteiger partial charge on any atom is -0.493 e. The van der Waals surface area contributed by atoms with Crippen LogP contribution < -0.4 is 20.1 Å². The fraction of sp³-hybridized carbons (Fsp3) is 0.240. The lowest BCUT2D eigenvalue weighted by atomic mass is 10.1. The van der Waals surface area contributed by atoms with Gasteiger partial charge in [0.1, 0.15) is 12.4 Å². The van der Waals surface area contributed by atoms with E-state index in [1.165, 1.54) is 6.07 Å². The molecule has 2 N–H and O–H groups in total. The summed E-state index contributed by atoms with van der Waals surface area (Å²) in [5.41, 5.74) is 3.00. The van der Waals surface area contributed by atoms with Crippen LogP contribution in [-0.4, -0.2) is 13.0 Å². The molecule has 0 aliphatic heterocycles. The van der Waals surface area contributed by atoms with Crippen LogP contribution in [0.5, 0.6) is 11.5 Å². The van der Waals surface area contributed by atoms with Gasteiger partial charge in [-0.3, -0.25) is 4.79 Å². The molecule has 5 nitrogen and oxygen atoms in total. The molecule has 3 rings (SSSR count). The number of carbonyl (C=O) groups is 1. The molecule has 0 radical (unpaired) electrons. The zero-order chi connectivity index (χ0) is 22.2. The fourth-order valence-electron chi connectivity index (χ4n) is 2.95. The third kappa shape index (κ3) is 5.98. The zero-order valence-corrected chi connectivity index (χ0v) is 17.9. The Morgan fingerprint density at radius 3 is 2.29 bits per heavy atom. The molecule has 3 aromatic carbocycles. The first kappa shape index (κ1) is 22.2. The van der Waals surface area contributed by atoms with Crippen molar-refractivity contribution in [2.24, 2.45) is 5.92 Å². The molecule has 0 aromatic heterocycles. The Morgan fingerprint density at radius 2 is 1.61 bits per heavy atom. The predicted octanol–water partition coefficient (Wildman–Crippen LogP) is 5.62. The number of methoxy groups -OCH3 is 1. The summed E-state index contributed by atoms with van der Waals surface area (Å²) >= 11 is 0. The number of nitrogens with one attached hydrogen (secondary N) is 2. The Balaban J connectivity index is 1.68. The number of halogens is 1. The van der Waals surface area contributed by atoms with E-state index in [4.69, 9.17) is 9.47 Å². The van der Waals surface area contributed by atoms with E-state index in [1.807, 2.05) is 56.3 Å². The smallest absolute Gasteiger partial charge is 0.226 e. The number of anilines is 2. The molecule has 0 heterocycles. The number of ether oxygens (including phenoxy) is 2. The van der Waals surface area contributed by atoms with Crippen LogP contribution >= 0.6 is 0 Å². The Labute approximate surface area is 182 Å². The maximum absolute atomic E-state index is 14.0. The Morgan fingerprint density at radius 1 is 0.935 bits per heavy atom. The maximum atomic E-state index is 14.0. The van der Waals surface area contributed by atoms with Crippen molar-refractivity contribution in [1.29, 1.82) is 0 Å². The minimum atomic E-state index is -0.304. The quantitative estimate of drug-likeness (QED) is 0.470. The SMILES string of the molecule is COc1cccc(CNc2ccc(NC(=O)C(C)C)cc2)c1OCc1ccccc1F. The lowest BCUT2D eigenvalue weighted by Gasteiger charge is -2.16. The highest BCUT2D eigenvalue weighted by atomic mass is 19.1. The number of amides is 1. The van der Waals surface area contributed by atoms with Crippen molar-refractivity contribution >= 4 is 17.3 Å². The van der Waals surface area contributed by atoms with E-state index in [-0.39, 0.29) is 24.2 Å². The van der Waals surface area contributed by atoms with Crippen LogP contribution in [0.25, 0.3) is 0 Å². The summed E-state index contributed by atoms with van der Waals surface area (Å²) in [6.45, 7) is 4.29. The normalized spacial score (nSPS) is 10.6. The van der Waals surface area contributed by atoms with Crippen molar-refractivity contribution in [1.82, 2.24) is 0 Å². The van der Waals surface area contributed by atoms with Crippen LogP contribution in [0.3, 0.4) is 0 Å². The van der Waals surface area contributed by atoms with Gasteiger partial charge in [0.25, 0.3) is 0 Å². The van der Waals surface area contributed by atoms with E-state index in [1.54, 1.807) is 25.3 Å². The average molecular weight is 423 g/mol. The number of para-hydroxylation sites is 1. The molecule has 6 heteroatoms. The largest absolute Gasteiger partial charge is 0.493 e. The highest BCUT2D eigenvalue weighted by molar-refractivity contribution is 5.92. The summed E-state index contributed by atoms with van der Waals surface area (Å²) in [4.78, 5) is 11.8. The van der Waals surface area contributed by atoms with Gasteiger partial charge in [-0.15, -0.1) is 0 Å². The van der Waals surface area contributed by atoms with Gasteiger partial charge in [-0.25, -0.2) is 4.39 Å². The summed E-state index contributed by atoms with van der Waals surface area (Å²) in [6.07, 6.45) is 0. The molecule has 0 spiro atoms. The first-order chi connectivity index (χ1) is 15.0. The lowest BCUT2D eigenvalue weighted by molar-refractivity contribution is -0.118. The highest BCUT2D eigenvalue weighted by Crippen LogP contribution is 2.32. The van der Waals surface area contributed by atoms with E-state index in [2.05, 4.69) is 10.6 Å². The molecule has 0 aliphatic carbocycles. The number of benzene rings is 3. The molecule has 3 aromatic rings. The minimum absolute atomic E-state index is 0.0197. The topological polar surface area (TPSA) is 59.6 Å². The first-order valence-electron chi connectivity index (χ1n) is 10.1. The van der Waals surface area contributed by atoms with Gasteiger partial charge in [0.05, 0.1) is 7.11 Å². The van der Waals surface area contributed by atoms with E-state index in [0.29, 0.717) is 23.6 Å². The molecule has 0 fully saturated rings. The third-order valence-electron chi connectivity index (χ3n) is 4.77. The van der Waals surface area contributed by atoms with Crippen molar-refractivity contribution in [3.63, 3.8) is 0 Å². The second-order valence-electron chi connectivity index (χ2n) is 7.40. The number of rotatable bonds is 9. The first-order valence-corrected chi connectivity index (χ1v) is 10.1. The van der Waals surface area contributed by atoms with Gasteiger partial charge in [-0.2, -0.15) is 0 Å². The monoisotopic (exact) mass is 422 g/mol. The Hall–Kier alpha value is -3.54. The van der Waals surface area contributed by atoms with Crippen LogP contribution in [0.4, 0.5) is 15.8 Å². The summed E-state index contributed by atoms with van der Waals surface area (Å²) in [5, 5.41) is 6.21. The second-order valence-corrected chi connectivity index (χ2v) is 7.40. The molecular formula is C25H27FN2O3. The van der Waals surface area contributed by atoms with Gasteiger partial charge >= 0.3 is 0 Å². The molecule has 0 saturated heterocycles. The molecule has 162 valence electrons. The van der Waals surface area contributed by atoms with E-state index >= 15 is 0 Å². The maximum Gasteiger partial charge on any atom is 0.226 e. The van der Waals surface area contributed by atoms with Gasteiger partial charge in [-0.1, -0.05) is 44.2 Å². The van der Waals surface area contributed by atoms with E-state index < -0.39 is 0 Å². The summed E-state index contributed by atoms with van der Waals surface area (Å²) in [7, 11) is 1.58. The lowest BCUT2D eigenvalue weighted by Crippen LogP contribution is -2.17. The third-order valence-corrected chi connectivity index (χ3v) is 4.77. The summed E-state index contributed by atoms with van der Waals surface area (Å²) in [6, 6.07) is 19.7. The summed E-state index contributed by atoms with van der Waals surface area (Å²) in [5.74, 6) is 0.757. The van der Waals surface area contributed by atoms with Crippen LogP contribution in [0, 0.1) is 11.7 Å². The van der Waals surface area contributed by atoms with Crippen molar-refractivity contribution in [2.75, 3.05) is 17.7 Å². The molecule has 0 bridgehead atoms. The van der Waals surface area contributed by atoms with Crippen LogP contribution in [0.15, 0.2) is 66.7 Å². The molecule has 0 aliphatic rings. The van der Waals surface area contributed by atoms with Gasteiger partial charge in [0.15, 0.2) is 11.5 Å². The molecular weight excluding hydrogens is 395 g/mol. The highest BCUT2D eigenvalue weighted by Gasteiger charge is 2.12. The van der Waals surface area contributed by atoms with E-state index in [0.717, 1.165) is 16.9 Å². The standard InChI is InChI=1S/C25H27FN2O3/c1-17(2)25(29)28-21-13-11-20(12-14-21)27-15-18-8-6-10-23(30-3)24(18)31-16-19-7-4-5-9-22(19)26/h4-14,17,27H,15-16H2,1-3H3,(H,28,29). The van der Waals surface area contributed by atoms with Crippen molar-refractivity contribution in [3.8, 4) is 11.5 Å². The van der Waals surface area contributed by atoms with Crippen molar-refractivity contribution in [3.05, 3.63) is 83.7 Å². The zero-order valence-electron chi connectivity index (χ0n) is 17.9. The van der Waals surface area contributed by atoms with Crippen molar-refractivity contribution in [2.45, 2.75) is 27.0 Å². The average Bonchev–Trinajstić information content (AvgIpc) is 2.78. The van der Waals surface area contributed by atoms with Gasteiger partial charge in [-0.05, 0) is 36.4 Å². The Kier molecular flexibility index (Phi) is 7.49. The molecule has 0 saturated carbocycles. The predicted molar refractivity (Wildman–Crippen MR) is 121 cm³/mol. The molecule has 31 heavy (non-hydrogen) atoms. The number of hydrogen-bond donors (Lipinski definition) is 2. The molecule has 1 amide bonds. The van der Waals surface area contributed by atoms with Crippen LogP contribution in [0.1, 0.15) is 25.0 Å². The number of hydrogen-bond acceptors (Lipinski definition) is 4. The van der Waals surface area contributed by atoms with Gasteiger partial charge in [0.2, 0.25) is 5.91 Å². The van der Waals surface area contributed by atoms with Gasteiger partial charge in [0, 0.05) is 35.0 Å². The van der Waals surface area contributed by atoms with E-state index in [9.17, 15) is 9.18 Å². The fourth-order valence-corrected chi connectivity index (χ4v) is 2.95. The van der Waals surface area contributed by atoms with Crippen LogP contribution in [-0.2, 0) is 17.9 Å². The summed E-state index contributed by atoms with van der Waals surface area (Å²) < 4.78 is 25.3. The molecule has 0 atom stereocenters. The number of carbonyl (C=O) groups excluding carboxylic acids is 1. The second kappa shape index (κ2) is 10.5.